The number of nitrogens with one attached hydrogen (secondary N) is 1. The predicted molar refractivity (Wildman–Crippen MR) is 90.8 cm³/mol. The van der Waals surface area contributed by atoms with Gasteiger partial charge in [0.1, 0.15) is 6.10 Å². The molecule has 2 aromatic heterocycles. The number of carbonyl (C=O) groups excluding carboxylic acids is 1. The lowest BCUT2D eigenvalue weighted by atomic mass is 10.1. The summed E-state index contributed by atoms with van der Waals surface area (Å²) >= 11 is 1.64. The molecule has 2 atom stereocenters. The lowest BCUT2D eigenvalue weighted by molar-refractivity contribution is -0.0641. The zero-order chi connectivity index (χ0) is 16.4. The molecule has 3 heterocycles. The zero-order valence-electron chi connectivity index (χ0n) is 13.6. The maximum atomic E-state index is 12.5. The molecule has 124 valence electrons. The number of carbonyl (C=O) groups is 1. The van der Waals surface area contributed by atoms with Gasteiger partial charge in [-0.05, 0) is 43.2 Å². The van der Waals surface area contributed by atoms with Gasteiger partial charge >= 0.3 is 6.03 Å². The van der Waals surface area contributed by atoms with Crippen LogP contribution in [0.25, 0.3) is 0 Å². The molecule has 1 fully saturated rings. The maximum absolute atomic E-state index is 12.5. The highest BCUT2D eigenvalue weighted by Crippen LogP contribution is 2.27. The van der Waals surface area contributed by atoms with Gasteiger partial charge in [-0.2, -0.15) is 16.4 Å². The van der Waals surface area contributed by atoms with E-state index in [9.17, 15) is 4.79 Å². The second-order valence-electron chi connectivity index (χ2n) is 6.10. The standard InChI is InChI=1S/C16H22N4O2S/c1-11(2)20-6-4-15(18-20)17-16(21)19-8-12(3)22-14(9-19)13-5-7-23-10-13/h4-7,10-12,14H,8-9H2,1-3H3,(H,17,18,21)/t12-,14-/m1/s1. The van der Waals surface area contributed by atoms with Crippen LogP contribution in [0.15, 0.2) is 29.1 Å². The van der Waals surface area contributed by atoms with Crippen LogP contribution in [0.1, 0.15) is 38.5 Å². The number of nitrogens with zero attached hydrogens (tertiary/aromatic N) is 3. The van der Waals surface area contributed by atoms with Gasteiger partial charge in [0, 0.05) is 24.8 Å². The number of urea groups is 1. The van der Waals surface area contributed by atoms with Gasteiger partial charge < -0.3 is 9.64 Å². The summed E-state index contributed by atoms with van der Waals surface area (Å²) in [5.41, 5.74) is 1.13. The molecule has 1 N–H and O–H groups in total. The first-order valence-electron chi connectivity index (χ1n) is 7.81. The Kier molecular flexibility index (Phi) is 4.68. The third-order valence-electron chi connectivity index (χ3n) is 3.83. The van der Waals surface area contributed by atoms with Crippen LogP contribution >= 0.6 is 11.3 Å². The molecule has 1 aliphatic heterocycles. The molecule has 2 amide bonds. The van der Waals surface area contributed by atoms with Gasteiger partial charge in [-0.3, -0.25) is 10.00 Å². The molecule has 0 spiro atoms. The average Bonchev–Trinajstić information content (AvgIpc) is 3.18. The average molecular weight is 334 g/mol. The van der Waals surface area contributed by atoms with Crippen molar-refractivity contribution < 1.29 is 9.53 Å². The highest BCUT2D eigenvalue weighted by molar-refractivity contribution is 7.07. The van der Waals surface area contributed by atoms with Gasteiger partial charge in [-0.25, -0.2) is 4.79 Å². The second-order valence-corrected chi connectivity index (χ2v) is 6.88. The first kappa shape index (κ1) is 16.0. The first-order chi connectivity index (χ1) is 11.0. The minimum Gasteiger partial charge on any atom is -0.367 e. The number of thiophene rings is 1. The van der Waals surface area contributed by atoms with E-state index in [1.165, 1.54) is 0 Å². The Hall–Kier alpha value is -1.86. The van der Waals surface area contributed by atoms with E-state index in [0.29, 0.717) is 18.9 Å². The van der Waals surface area contributed by atoms with Crippen LogP contribution in [-0.4, -0.2) is 39.9 Å². The molecule has 0 bridgehead atoms. The van der Waals surface area contributed by atoms with Crippen LogP contribution in [0.3, 0.4) is 0 Å². The van der Waals surface area contributed by atoms with Crippen molar-refractivity contribution in [2.45, 2.75) is 39.0 Å². The van der Waals surface area contributed by atoms with Crippen molar-refractivity contribution in [3.63, 3.8) is 0 Å². The van der Waals surface area contributed by atoms with Gasteiger partial charge in [-0.1, -0.05) is 0 Å². The van der Waals surface area contributed by atoms with Gasteiger partial charge in [0.05, 0.1) is 12.6 Å². The quantitative estimate of drug-likeness (QED) is 0.934. The second kappa shape index (κ2) is 6.72. The highest BCUT2D eigenvalue weighted by Gasteiger charge is 2.29. The van der Waals surface area contributed by atoms with Crippen molar-refractivity contribution in [2.24, 2.45) is 0 Å². The third-order valence-corrected chi connectivity index (χ3v) is 4.54. The lowest BCUT2D eigenvalue weighted by Gasteiger charge is -2.36. The van der Waals surface area contributed by atoms with E-state index in [2.05, 4.69) is 15.8 Å². The summed E-state index contributed by atoms with van der Waals surface area (Å²) in [6, 6.07) is 4.01. The summed E-state index contributed by atoms with van der Waals surface area (Å²) in [5.74, 6) is 0.579. The van der Waals surface area contributed by atoms with E-state index in [4.69, 9.17) is 4.74 Å². The largest absolute Gasteiger partial charge is 0.367 e. The molecule has 3 rings (SSSR count). The summed E-state index contributed by atoms with van der Waals surface area (Å²) in [7, 11) is 0. The molecule has 0 unspecified atom stereocenters. The fourth-order valence-corrected chi connectivity index (χ4v) is 3.34. The fourth-order valence-electron chi connectivity index (χ4n) is 2.64. The van der Waals surface area contributed by atoms with E-state index in [1.54, 1.807) is 16.2 Å². The van der Waals surface area contributed by atoms with Crippen molar-refractivity contribution in [3.05, 3.63) is 34.7 Å². The number of ether oxygens (including phenoxy) is 1. The molecule has 7 heteroatoms. The van der Waals surface area contributed by atoms with Crippen molar-refractivity contribution in [3.8, 4) is 0 Å². The molecule has 6 nitrogen and oxygen atoms in total. The molecule has 2 aromatic rings. The molecular formula is C16H22N4O2S. The number of hydrogen-bond donors (Lipinski definition) is 1. The molecule has 0 aromatic carbocycles. The van der Waals surface area contributed by atoms with Crippen LogP contribution in [0.5, 0.6) is 0 Å². The van der Waals surface area contributed by atoms with E-state index >= 15 is 0 Å². The van der Waals surface area contributed by atoms with Crippen molar-refractivity contribution >= 4 is 23.2 Å². The van der Waals surface area contributed by atoms with Crippen LogP contribution in [0.2, 0.25) is 0 Å². The Morgan fingerprint density at radius 1 is 1.43 bits per heavy atom. The van der Waals surface area contributed by atoms with E-state index < -0.39 is 0 Å². The summed E-state index contributed by atoms with van der Waals surface area (Å²) in [6.07, 6.45) is 1.81. The number of aromatic nitrogens is 2. The van der Waals surface area contributed by atoms with Gasteiger partial charge in [-0.15, -0.1) is 0 Å². The Morgan fingerprint density at radius 2 is 2.26 bits per heavy atom. The van der Waals surface area contributed by atoms with Crippen LogP contribution in [0, 0.1) is 0 Å². The van der Waals surface area contributed by atoms with E-state index in [1.807, 2.05) is 49.2 Å². The Morgan fingerprint density at radius 3 is 2.91 bits per heavy atom. The fraction of sp³-hybridized carbons (Fsp3) is 0.500. The van der Waals surface area contributed by atoms with Gasteiger partial charge in [0.15, 0.2) is 5.82 Å². The number of rotatable bonds is 3. The summed E-state index contributed by atoms with van der Waals surface area (Å²) < 4.78 is 7.79. The SMILES string of the molecule is CC(C)n1ccc(NC(=O)N2C[C@@H](C)O[C@@H](c3ccsc3)C2)n1. The van der Waals surface area contributed by atoms with E-state index in [0.717, 1.165) is 5.56 Å². The van der Waals surface area contributed by atoms with Crippen LogP contribution < -0.4 is 5.32 Å². The Bertz CT molecular complexity index is 653. The predicted octanol–water partition coefficient (Wildman–Crippen LogP) is 3.52. The Labute approximate surface area is 140 Å². The summed E-state index contributed by atoms with van der Waals surface area (Å²) in [6.45, 7) is 7.23. The van der Waals surface area contributed by atoms with Gasteiger partial charge in [0.25, 0.3) is 0 Å². The highest BCUT2D eigenvalue weighted by atomic mass is 32.1. The minimum absolute atomic E-state index is 0.00706. The zero-order valence-corrected chi connectivity index (χ0v) is 14.4. The summed E-state index contributed by atoms with van der Waals surface area (Å²) in [4.78, 5) is 14.3. The molecule has 1 aliphatic rings. The van der Waals surface area contributed by atoms with Crippen molar-refractivity contribution in [1.29, 1.82) is 0 Å². The first-order valence-corrected chi connectivity index (χ1v) is 8.76. The molecular weight excluding hydrogens is 312 g/mol. The van der Waals surface area contributed by atoms with Crippen LogP contribution in [-0.2, 0) is 4.74 Å². The molecule has 0 aliphatic carbocycles. The monoisotopic (exact) mass is 334 g/mol. The minimum atomic E-state index is -0.130. The van der Waals surface area contributed by atoms with Gasteiger partial charge in [0.2, 0.25) is 0 Å². The molecule has 1 saturated heterocycles. The van der Waals surface area contributed by atoms with Crippen molar-refractivity contribution in [2.75, 3.05) is 18.4 Å². The smallest absolute Gasteiger partial charge is 0.323 e. The molecule has 0 radical (unpaired) electrons. The summed E-state index contributed by atoms with van der Waals surface area (Å²) in [5, 5.41) is 11.3. The molecule has 23 heavy (non-hydrogen) atoms. The Balaban J connectivity index is 1.66. The number of amides is 2. The normalized spacial score (nSPS) is 21.7. The topological polar surface area (TPSA) is 59.4 Å². The third kappa shape index (κ3) is 3.73. The van der Waals surface area contributed by atoms with E-state index in [-0.39, 0.29) is 24.3 Å². The maximum Gasteiger partial charge on any atom is 0.323 e. The van der Waals surface area contributed by atoms with Crippen molar-refractivity contribution in [1.82, 2.24) is 14.7 Å². The number of morpholine rings is 1. The lowest BCUT2D eigenvalue weighted by Crippen LogP contribution is -2.47. The number of anilines is 1. The number of hydrogen-bond acceptors (Lipinski definition) is 4. The molecule has 0 saturated carbocycles. The van der Waals surface area contributed by atoms with Crippen LogP contribution in [0.4, 0.5) is 10.6 Å².